The number of hydrogen-bond acceptors (Lipinski definition) is 3. The Labute approximate surface area is 162 Å². The number of benzene rings is 2. The van der Waals surface area contributed by atoms with Gasteiger partial charge in [0.1, 0.15) is 5.60 Å². The van der Waals surface area contributed by atoms with Crippen LogP contribution in [0.4, 0.5) is 0 Å². The molecular weight excluding hydrogens is 340 g/mol. The Hall–Kier alpha value is -1.29. The van der Waals surface area contributed by atoms with E-state index in [0.29, 0.717) is 6.61 Å². The predicted octanol–water partition coefficient (Wildman–Crippen LogP) is 6.52. The van der Waals surface area contributed by atoms with Crippen LogP contribution in [0.3, 0.4) is 0 Å². The van der Waals surface area contributed by atoms with Crippen molar-refractivity contribution in [3.05, 3.63) is 59.7 Å². The molecule has 0 saturated carbocycles. The van der Waals surface area contributed by atoms with Gasteiger partial charge in [-0.2, -0.15) is 0 Å². The molecule has 0 spiro atoms. The van der Waals surface area contributed by atoms with E-state index in [0.717, 1.165) is 6.42 Å². The van der Waals surface area contributed by atoms with Crippen LogP contribution in [0.25, 0.3) is 0 Å². The van der Waals surface area contributed by atoms with Gasteiger partial charge in [-0.1, -0.05) is 63.7 Å². The Bertz CT molecular complexity index is 759. The summed E-state index contributed by atoms with van der Waals surface area (Å²) < 4.78 is 12.2. The maximum Gasteiger partial charge on any atom is 0.164 e. The highest BCUT2D eigenvalue weighted by molar-refractivity contribution is 7.99. The summed E-state index contributed by atoms with van der Waals surface area (Å²) in [6.07, 6.45) is 0.894. The Balaban J connectivity index is 1.82. The highest BCUT2D eigenvalue weighted by atomic mass is 32.2. The average Bonchev–Trinajstić information content (AvgIpc) is 2.91. The summed E-state index contributed by atoms with van der Waals surface area (Å²) in [4.78, 5) is 2.48. The molecule has 0 bridgehead atoms. The van der Waals surface area contributed by atoms with Gasteiger partial charge >= 0.3 is 0 Å². The monoisotopic (exact) mass is 370 g/mol. The van der Waals surface area contributed by atoms with Crippen LogP contribution >= 0.6 is 11.8 Å². The van der Waals surface area contributed by atoms with E-state index in [1.807, 2.05) is 13.8 Å². The van der Waals surface area contributed by atoms with Gasteiger partial charge < -0.3 is 9.47 Å². The fourth-order valence-electron chi connectivity index (χ4n) is 3.34. The molecule has 0 radical (unpaired) electrons. The molecule has 1 atom stereocenters. The van der Waals surface area contributed by atoms with Crippen molar-refractivity contribution in [1.29, 1.82) is 0 Å². The molecule has 0 aromatic heterocycles. The first-order valence-corrected chi connectivity index (χ1v) is 10.2. The minimum absolute atomic E-state index is 0.184. The molecule has 1 unspecified atom stereocenters. The van der Waals surface area contributed by atoms with Crippen molar-refractivity contribution in [2.75, 3.05) is 6.61 Å². The van der Waals surface area contributed by atoms with Crippen LogP contribution in [0.15, 0.2) is 58.3 Å². The summed E-state index contributed by atoms with van der Waals surface area (Å²) in [5, 5.41) is 0. The highest BCUT2D eigenvalue weighted by Gasteiger charge is 2.45. The van der Waals surface area contributed by atoms with Crippen LogP contribution < -0.4 is 0 Å². The van der Waals surface area contributed by atoms with Crippen molar-refractivity contribution >= 4 is 11.8 Å². The maximum absolute atomic E-state index is 6.30. The van der Waals surface area contributed by atoms with E-state index in [1.165, 1.54) is 20.9 Å². The van der Waals surface area contributed by atoms with Gasteiger partial charge in [-0.05, 0) is 61.1 Å². The number of ether oxygens (including phenoxy) is 2. The second-order valence-corrected chi connectivity index (χ2v) is 9.69. The lowest BCUT2D eigenvalue weighted by Crippen LogP contribution is -2.31. The third-order valence-electron chi connectivity index (χ3n) is 4.98. The summed E-state index contributed by atoms with van der Waals surface area (Å²) in [5.41, 5.74) is 2.39. The van der Waals surface area contributed by atoms with E-state index >= 15 is 0 Å². The molecule has 0 amide bonds. The van der Waals surface area contributed by atoms with Crippen molar-refractivity contribution in [1.82, 2.24) is 0 Å². The first-order chi connectivity index (χ1) is 12.1. The van der Waals surface area contributed by atoms with Crippen LogP contribution in [0.2, 0.25) is 0 Å². The summed E-state index contributed by atoms with van der Waals surface area (Å²) in [6.45, 7) is 13.5. The van der Waals surface area contributed by atoms with E-state index in [2.05, 4.69) is 76.2 Å². The minimum atomic E-state index is -0.526. The molecule has 0 N–H and O–H groups in total. The van der Waals surface area contributed by atoms with Crippen molar-refractivity contribution in [3.8, 4) is 0 Å². The van der Waals surface area contributed by atoms with Crippen molar-refractivity contribution in [3.63, 3.8) is 0 Å². The third kappa shape index (κ3) is 4.16. The first kappa shape index (κ1) is 19.5. The fourth-order valence-corrected chi connectivity index (χ4v) is 4.22. The molecule has 0 aliphatic carbocycles. The first-order valence-electron chi connectivity index (χ1n) is 9.37. The van der Waals surface area contributed by atoms with E-state index in [4.69, 9.17) is 9.47 Å². The predicted molar refractivity (Wildman–Crippen MR) is 109 cm³/mol. The Kier molecular flexibility index (Phi) is 5.26. The van der Waals surface area contributed by atoms with Crippen LogP contribution in [0.1, 0.15) is 59.1 Å². The van der Waals surface area contributed by atoms with E-state index in [1.54, 1.807) is 11.8 Å². The van der Waals surface area contributed by atoms with Gasteiger partial charge in [0.05, 0.1) is 6.61 Å². The average molecular weight is 371 g/mol. The van der Waals surface area contributed by atoms with Crippen LogP contribution in [0, 0.1) is 0 Å². The van der Waals surface area contributed by atoms with Gasteiger partial charge in [-0.25, -0.2) is 0 Å². The summed E-state index contributed by atoms with van der Waals surface area (Å²) >= 11 is 1.79. The zero-order valence-electron chi connectivity index (χ0n) is 16.8. The second-order valence-electron chi connectivity index (χ2n) is 8.54. The van der Waals surface area contributed by atoms with Gasteiger partial charge in [0, 0.05) is 9.79 Å². The van der Waals surface area contributed by atoms with E-state index < -0.39 is 5.79 Å². The standard InChI is InChI=1S/C23H30O2S/c1-7-23(16-24-22(5,6)25-23)18-9-8-10-20(15-18)26-19-13-11-17(12-14-19)21(2,3)4/h8-15H,7,16H2,1-6H3. The Morgan fingerprint density at radius 1 is 1.00 bits per heavy atom. The van der Waals surface area contributed by atoms with E-state index in [-0.39, 0.29) is 11.0 Å². The second kappa shape index (κ2) is 7.03. The molecule has 1 aliphatic rings. The molecule has 1 saturated heterocycles. The SMILES string of the molecule is CCC1(c2cccc(Sc3ccc(C(C)(C)C)cc3)c2)COC(C)(C)O1. The molecule has 26 heavy (non-hydrogen) atoms. The number of rotatable bonds is 4. The topological polar surface area (TPSA) is 18.5 Å². The maximum atomic E-state index is 6.30. The van der Waals surface area contributed by atoms with Crippen LogP contribution in [-0.4, -0.2) is 12.4 Å². The summed E-state index contributed by atoms with van der Waals surface area (Å²) in [6, 6.07) is 17.6. The van der Waals surface area contributed by atoms with Crippen molar-refractivity contribution < 1.29 is 9.47 Å². The molecule has 2 nitrogen and oxygen atoms in total. The van der Waals surface area contributed by atoms with Gasteiger partial charge in [0.15, 0.2) is 5.79 Å². The van der Waals surface area contributed by atoms with Gasteiger partial charge in [-0.3, -0.25) is 0 Å². The van der Waals surface area contributed by atoms with Crippen molar-refractivity contribution in [2.45, 2.75) is 74.6 Å². The molecule has 1 heterocycles. The lowest BCUT2D eigenvalue weighted by atomic mass is 9.87. The Morgan fingerprint density at radius 2 is 1.69 bits per heavy atom. The molecule has 140 valence electrons. The van der Waals surface area contributed by atoms with Gasteiger partial charge in [0.2, 0.25) is 0 Å². The molecule has 3 rings (SSSR count). The zero-order chi connectivity index (χ0) is 19.0. The van der Waals surface area contributed by atoms with E-state index in [9.17, 15) is 0 Å². The molecule has 2 aromatic rings. The smallest absolute Gasteiger partial charge is 0.164 e. The molecular formula is C23H30O2S. The lowest BCUT2D eigenvalue weighted by Gasteiger charge is -2.29. The lowest BCUT2D eigenvalue weighted by molar-refractivity contribution is -0.164. The summed E-state index contributed by atoms with van der Waals surface area (Å²) in [5.74, 6) is -0.526. The summed E-state index contributed by atoms with van der Waals surface area (Å²) in [7, 11) is 0. The number of hydrogen-bond donors (Lipinski definition) is 0. The molecule has 2 aromatic carbocycles. The van der Waals surface area contributed by atoms with Crippen LogP contribution in [0.5, 0.6) is 0 Å². The highest BCUT2D eigenvalue weighted by Crippen LogP contribution is 2.42. The third-order valence-corrected chi connectivity index (χ3v) is 5.98. The van der Waals surface area contributed by atoms with Crippen LogP contribution in [-0.2, 0) is 20.5 Å². The minimum Gasteiger partial charge on any atom is -0.347 e. The zero-order valence-corrected chi connectivity index (χ0v) is 17.6. The molecule has 3 heteroatoms. The fraction of sp³-hybridized carbons (Fsp3) is 0.478. The quantitative estimate of drug-likeness (QED) is 0.610. The Morgan fingerprint density at radius 3 is 2.23 bits per heavy atom. The van der Waals surface area contributed by atoms with Crippen molar-refractivity contribution in [2.24, 2.45) is 0 Å². The molecule has 1 aliphatic heterocycles. The normalized spacial score (nSPS) is 22.5. The van der Waals surface area contributed by atoms with Gasteiger partial charge in [-0.15, -0.1) is 0 Å². The van der Waals surface area contributed by atoms with Gasteiger partial charge in [0.25, 0.3) is 0 Å². The largest absolute Gasteiger partial charge is 0.347 e. The molecule has 1 fully saturated rings.